The molecule has 3 N–H and O–H groups in total. The van der Waals surface area contributed by atoms with Gasteiger partial charge in [-0.05, 0) is 12.8 Å². The number of amides is 3. The van der Waals surface area contributed by atoms with Crippen molar-refractivity contribution in [2.24, 2.45) is 11.1 Å². The van der Waals surface area contributed by atoms with Crippen LogP contribution in [0.25, 0.3) is 0 Å². The number of carbonyl (C=O) groups excluding carboxylic acids is 2. The predicted octanol–water partition coefficient (Wildman–Crippen LogP) is 0.315. The van der Waals surface area contributed by atoms with Crippen LogP contribution in [0.3, 0.4) is 0 Å². The topological polar surface area (TPSA) is 78.7 Å². The van der Waals surface area contributed by atoms with Gasteiger partial charge in [0.05, 0.1) is 16.4 Å². The Kier molecular flexibility index (Phi) is 4.17. The van der Waals surface area contributed by atoms with E-state index in [0.29, 0.717) is 39.0 Å². The van der Waals surface area contributed by atoms with Crippen LogP contribution >= 0.6 is 12.2 Å². The molecule has 7 heteroatoms. The Balaban J connectivity index is 2.14. The van der Waals surface area contributed by atoms with Gasteiger partial charge in [-0.15, -0.1) is 0 Å². The summed E-state index contributed by atoms with van der Waals surface area (Å²) in [7, 11) is 0. The summed E-state index contributed by atoms with van der Waals surface area (Å²) in [5.74, 6) is 0.00833. The summed E-state index contributed by atoms with van der Waals surface area (Å²) in [4.78, 5) is 28.3. The van der Waals surface area contributed by atoms with Crippen LogP contribution in [0, 0.1) is 5.41 Å². The smallest absolute Gasteiger partial charge is 0.317 e. The van der Waals surface area contributed by atoms with Gasteiger partial charge in [0.25, 0.3) is 0 Å². The second-order valence-electron chi connectivity index (χ2n) is 5.44. The minimum absolute atomic E-state index is 0.00833. The number of hydrogen-bond acceptors (Lipinski definition) is 3. The third kappa shape index (κ3) is 2.24. The highest BCUT2D eigenvalue weighted by Crippen LogP contribution is 2.31. The van der Waals surface area contributed by atoms with Crippen LogP contribution < -0.4 is 11.1 Å². The lowest BCUT2D eigenvalue weighted by atomic mass is 9.80. The van der Waals surface area contributed by atoms with Crippen molar-refractivity contribution in [3.05, 3.63) is 0 Å². The van der Waals surface area contributed by atoms with E-state index in [2.05, 4.69) is 5.32 Å². The molecule has 6 nitrogen and oxygen atoms in total. The molecule has 0 saturated carbocycles. The monoisotopic (exact) mass is 298 g/mol. The normalized spacial score (nSPS) is 22.5. The number of fused-ring (bicyclic) bond motifs is 1. The van der Waals surface area contributed by atoms with Crippen molar-refractivity contribution in [2.45, 2.75) is 32.7 Å². The maximum absolute atomic E-state index is 12.8. The van der Waals surface area contributed by atoms with Gasteiger partial charge in [0.15, 0.2) is 0 Å². The second-order valence-corrected chi connectivity index (χ2v) is 5.88. The summed E-state index contributed by atoms with van der Waals surface area (Å²) in [5, 5.41) is 2.81. The van der Waals surface area contributed by atoms with Gasteiger partial charge >= 0.3 is 6.03 Å². The van der Waals surface area contributed by atoms with Gasteiger partial charge in [-0.3, -0.25) is 4.79 Å². The van der Waals surface area contributed by atoms with Gasteiger partial charge in [-0.2, -0.15) is 0 Å². The highest BCUT2D eigenvalue weighted by atomic mass is 32.1. The van der Waals surface area contributed by atoms with Crippen molar-refractivity contribution in [3.63, 3.8) is 0 Å². The van der Waals surface area contributed by atoms with Gasteiger partial charge in [0.2, 0.25) is 5.91 Å². The fourth-order valence-electron chi connectivity index (χ4n) is 3.10. The summed E-state index contributed by atoms with van der Waals surface area (Å²) >= 11 is 5.14. The molecule has 0 bridgehead atoms. The average molecular weight is 298 g/mol. The number of nitrogens with one attached hydrogen (secondary N) is 1. The van der Waals surface area contributed by atoms with Gasteiger partial charge in [-0.1, -0.05) is 26.1 Å². The van der Waals surface area contributed by atoms with Gasteiger partial charge in [0.1, 0.15) is 0 Å². The maximum Gasteiger partial charge on any atom is 0.317 e. The average Bonchev–Trinajstić information content (AvgIpc) is 2.81. The lowest BCUT2D eigenvalue weighted by Gasteiger charge is -2.41. The Morgan fingerprint density at radius 3 is 2.65 bits per heavy atom. The van der Waals surface area contributed by atoms with Crippen LogP contribution in [0.4, 0.5) is 4.79 Å². The SMILES string of the molecule is CCC(CC)(C(=O)N1CCN2C(=O)NCC2C1)C(N)=S. The van der Waals surface area contributed by atoms with E-state index in [0.717, 1.165) is 0 Å². The molecule has 1 atom stereocenters. The first-order valence-electron chi connectivity index (χ1n) is 7.10. The molecule has 0 radical (unpaired) electrons. The number of urea groups is 1. The molecule has 1 unspecified atom stereocenters. The molecule has 112 valence electrons. The minimum atomic E-state index is -0.743. The van der Waals surface area contributed by atoms with E-state index >= 15 is 0 Å². The van der Waals surface area contributed by atoms with Crippen molar-refractivity contribution >= 4 is 29.1 Å². The van der Waals surface area contributed by atoms with Gasteiger partial charge < -0.3 is 20.9 Å². The zero-order chi connectivity index (χ0) is 14.9. The molecular formula is C13H22N4O2S. The van der Waals surface area contributed by atoms with E-state index in [4.69, 9.17) is 18.0 Å². The summed E-state index contributed by atoms with van der Waals surface area (Å²) in [6, 6.07) is 0.0339. The molecular weight excluding hydrogens is 276 g/mol. The Morgan fingerprint density at radius 2 is 2.10 bits per heavy atom. The quantitative estimate of drug-likeness (QED) is 0.733. The Bertz CT molecular complexity index is 436. The third-order valence-electron chi connectivity index (χ3n) is 4.61. The molecule has 2 saturated heterocycles. The Hall–Kier alpha value is -1.37. The number of carbonyl (C=O) groups is 2. The molecule has 3 amide bonds. The van der Waals surface area contributed by atoms with Gasteiger partial charge in [-0.25, -0.2) is 4.79 Å². The van der Waals surface area contributed by atoms with Crippen LogP contribution in [0.15, 0.2) is 0 Å². The number of nitrogens with two attached hydrogens (primary N) is 1. The first-order chi connectivity index (χ1) is 9.46. The molecule has 2 rings (SSSR count). The van der Waals surface area contributed by atoms with Crippen LogP contribution in [-0.2, 0) is 4.79 Å². The standard InChI is InChI=1S/C13H22N4O2S/c1-3-13(4-2,10(14)20)11(18)16-5-6-17-9(8-16)7-15-12(17)19/h9H,3-8H2,1-2H3,(H2,14,20)(H,15,19). The predicted molar refractivity (Wildman–Crippen MR) is 80.3 cm³/mol. The molecule has 2 heterocycles. The second kappa shape index (κ2) is 5.55. The molecule has 0 aromatic carbocycles. The van der Waals surface area contributed by atoms with Crippen LogP contribution in [-0.4, -0.2) is 58.9 Å². The van der Waals surface area contributed by atoms with E-state index in [9.17, 15) is 9.59 Å². The van der Waals surface area contributed by atoms with Crippen LogP contribution in [0.5, 0.6) is 0 Å². The minimum Gasteiger partial charge on any atom is -0.392 e. The maximum atomic E-state index is 12.8. The van der Waals surface area contributed by atoms with Crippen molar-refractivity contribution in [1.82, 2.24) is 15.1 Å². The lowest BCUT2D eigenvalue weighted by Crippen LogP contribution is -2.58. The van der Waals surface area contributed by atoms with E-state index in [1.165, 1.54) is 0 Å². The number of piperazine rings is 1. The van der Waals surface area contributed by atoms with Gasteiger partial charge in [0, 0.05) is 26.2 Å². The fourth-order valence-corrected chi connectivity index (χ4v) is 3.47. The zero-order valence-electron chi connectivity index (χ0n) is 12.0. The van der Waals surface area contributed by atoms with Crippen LogP contribution in [0.1, 0.15) is 26.7 Å². The molecule has 0 spiro atoms. The highest BCUT2D eigenvalue weighted by molar-refractivity contribution is 7.80. The Labute approximate surface area is 124 Å². The Morgan fingerprint density at radius 1 is 1.45 bits per heavy atom. The molecule has 2 fully saturated rings. The molecule has 0 aromatic rings. The lowest BCUT2D eigenvalue weighted by molar-refractivity contribution is -0.140. The van der Waals surface area contributed by atoms with E-state index < -0.39 is 5.41 Å². The number of hydrogen-bond donors (Lipinski definition) is 2. The summed E-state index contributed by atoms with van der Waals surface area (Å²) in [6.45, 7) is 6.16. The molecule has 0 aromatic heterocycles. The first kappa shape index (κ1) is 15.0. The van der Waals surface area contributed by atoms with Crippen molar-refractivity contribution < 1.29 is 9.59 Å². The largest absolute Gasteiger partial charge is 0.392 e. The first-order valence-corrected chi connectivity index (χ1v) is 7.50. The number of nitrogens with zero attached hydrogens (tertiary/aromatic N) is 2. The number of thiocarbonyl (C=S) groups is 1. The number of rotatable bonds is 4. The molecule has 20 heavy (non-hydrogen) atoms. The third-order valence-corrected chi connectivity index (χ3v) is 5.00. The zero-order valence-corrected chi connectivity index (χ0v) is 12.8. The van der Waals surface area contributed by atoms with Crippen molar-refractivity contribution in [2.75, 3.05) is 26.2 Å². The molecule has 2 aliphatic heterocycles. The summed E-state index contributed by atoms with van der Waals surface area (Å²) in [6.07, 6.45) is 1.22. The highest BCUT2D eigenvalue weighted by Gasteiger charge is 2.44. The summed E-state index contributed by atoms with van der Waals surface area (Å²) < 4.78 is 0. The molecule has 2 aliphatic rings. The van der Waals surface area contributed by atoms with E-state index in [1.807, 2.05) is 18.7 Å². The van der Waals surface area contributed by atoms with E-state index in [1.54, 1.807) is 4.90 Å². The van der Waals surface area contributed by atoms with Crippen molar-refractivity contribution in [3.8, 4) is 0 Å². The summed E-state index contributed by atoms with van der Waals surface area (Å²) in [5.41, 5.74) is 5.09. The molecule has 0 aliphatic carbocycles. The fraction of sp³-hybridized carbons (Fsp3) is 0.769. The van der Waals surface area contributed by atoms with Crippen molar-refractivity contribution in [1.29, 1.82) is 0 Å². The van der Waals surface area contributed by atoms with E-state index in [-0.39, 0.29) is 23.0 Å². The van der Waals surface area contributed by atoms with Crippen LogP contribution in [0.2, 0.25) is 0 Å².